The summed E-state index contributed by atoms with van der Waals surface area (Å²) in [5, 5.41) is 2.92. The van der Waals surface area contributed by atoms with Crippen molar-refractivity contribution in [2.24, 2.45) is 4.40 Å². The molecular weight excluding hydrogens is 418 g/mol. The van der Waals surface area contributed by atoms with Gasteiger partial charge in [-0.2, -0.15) is 8.42 Å². The summed E-state index contributed by atoms with van der Waals surface area (Å²) >= 11 is 1.21. The van der Waals surface area contributed by atoms with Gasteiger partial charge in [0.05, 0.1) is 18.4 Å². The first-order valence-corrected chi connectivity index (χ1v) is 10.8. The summed E-state index contributed by atoms with van der Waals surface area (Å²) in [6.45, 7) is 5.45. The predicted molar refractivity (Wildman–Crippen MR) is 108 cm³/mol. The number of amides is 1. The molecule has 0 aromatic carbocycles. The highest BCUT2D eigenvalue weighted by molar-refractivity contribution is 7.88. The molecule has 0 unspecified atom stereocenters. The summed E-state index contributed by atoms with van der Waals surface area (Å²) in [6.07, 6.45) is 2.69. The van der Waals surface area contributed by atoms with E-state index in [0.29, 0.717) is 5.56 Å². The molecule has 29 heavy (non-hydrogen) atoms. The third-order valence-corrected chi connectivity index (χ3v) is 6.71. The van der Waals surface area contributed by atoms with E-state index in [1.54, 1.807) is 19.9 Å². The molecule has 154 valence electrons. The fourth-order valence-electron chi connectivity index (χ4n) is 2.64. The van der Waals surface area contributed by atoms with E-state index in [2.05, 4.69) is 9.71 Å². The number of aryl methyl sites for hydroxylation is 1. The van der Waals surface area contributed by atoms with Crippen LogP contribution < -0.4 is 5.32 Å². The minimum absolute atomic E-state index is 0.00223. The monoisotopic (exact) mass is 437 g/mol. The number of rotatable bonds is 5. The van der Waals surface area contributed by atoms with Crippen LogP contribution in [-0.4, -0.2) is 44.0 Å². The summed E-state index contributed by atoms with van der Waals surface area (Å²) < 4.78 is 39.5. The number of carbonyl (C=O) groups is 2. The molecule has 0 saturated heterocycles. The lowest BCUT2D eigenvalue weighted by atomic mass is 10.1. The second-order valence-corrected chi connectivity index (χ2v) is 8.94. The van der Waals surface area contributed by atoms with Crippen molar-refractivity contribution in [3.8, 4) is 0 Å². The zero-order valence-electron chi connectivity index (χ0n) is 16.2. The quantitative estimate of drug-likeness (QED) is 0.719. The Bertz CT molecular complexity index is 1130. The molecule has 11 heteroatoms. The molecule has 0 fully saturated rings. The molecule has 1 aliphatic heterocycles. The van der Waals surface area contributed by atoms with Gasteiger partial charge in [0.1, 0.15) is 16.4 Å². The number of hydrogen-bond acceptors (Lipinski definition) is 7. The standard InChI is InChI=1S/C18H19N3O6S2/c1-5-26-18(23)15-10(2)11(3)28-17(15)19-16(22)13-9-12(14-7-6-8-27-14)20-29(24,25)21(13)4/h6-9H,5H2,1-4H3,(H,19,22). The van der Waals surface area contributed by atoms with Crippen molar-refractivity contribution in [1.82, 2.24) is 4.31 Å². The van der Waals surface area contributed by atoms with Gasteiger partial charge >= 0.3 is 16.2 Å². The zero-order chi connectivity index (χ0) is 21.3. The highest BCUT2D eigenvalue weighted by atomic mass is 32.2. The van der Waals surface area contributed by atoms with Crippen LogP contribution in [0.25, 0.3) is 0 Å². The molecule has 9 nitrogen and oxygen atoms in total. The number of nitrogens with one attached hydrogen (secondary N) is 1. The summed E-state index contributed by atoms with van der Waals surface area (Å²) in [5.74, 6) is -1.05. The second-order valence-electron chi connectivity index (χ2n) is 6.09. The fraction of sp³-hybridized carbons (Fsp3) is 0.278. The third kappa shape index (κ3) is 3.96. The normalized spacial score (nSPS) is 15.5. The first-order valence-electron chi connectivity index (χ1n) is 8.58. The Hall–Kier alpha value is -2.92. The van der Waals surface area contributed by atoms with E-state index in [-0.39, 0.29) is 34.3 Å². The number of nitrogens with zero attached hydrogens (tertiary/aromatic N) is 2. The Kier molecular flexibility index (Phi) is 5.62. The molecule has 0 spiro atoms. The van der Waals surface area contributed by atoms with Crippen LogP contribution in [0.4, 0.5) is 5.00 Å². The van der Waals surface area contributed by atoms with Crippen LogP contribution in [-0.2, 0) is 19.7 Å². The summed E-state index contributed by atoms with van der Waals surface area (Å²) in [7, 11) is -2.89. The summed E-state index contributed by atoms with van der Waals surface area (Å²) in [5.41, 5.74) is 0.789. The minimum atomic E-state index is -4.12. The van der Waals surface area contributed by atoms with Gasteiger partial charge in [-0.05, 0) is 44.5 Å². The third-order valence-electron chi connectivity index (χ3n) is 4.27. The molecule has 3 rings (SSSR count). The van der Waals surface area contributed by atoms with Gasteiger partial charge in [0.25, 0.3) is 5.91 Å². The lowest BCUT2D eigenvalue weighted by Gasteiger charge is -2.23. The largest absolute Gasteiger partial charge is 0.463 e. The molecule has 0 aliphatic carbocycles. The molecular formula is C18H19N3O6S2. The number of esters is 1. The fourth-order valence-corrected chi connectivity index (χ4v) is 4.58. The van der Waals surface area contributed by atoms with Crippen LogP contribution in [0.1, 0.15) is 33.5 Å². The van der Waals surface area contributed by atoms with Gasteiger partial charge in [-0.3, -0.25) is 4.79 Å². The van der Waals surface area contributed by atoms with E-state index in [0.717, 1.165) is 9.18 Å². The minimum Gasteiger partial charge on any atom is -0.463 e. The maximum absolute atomic E-state index is 12.9. The van der Waals surface area contributed by atoms with Gasteiger partial charge in [0.15, 0.2) is 5.76 Å². The smallest absolute Gasteiger partial charge is 0.345 e. The van der Waals surface area contributed by atoms with Crippen LogP contribution in [0.2, 0.25) is 0 Å². The topological polar surface area (TPSA) is 118 Å². The van der Waals surface area contributed by atoms with Gasteiger partial charge in [0.2, 0.25) is 0 Å². The second kappa shape index (κ2) is 7.84. The highest BCUT2D eigenvalue weighted by Crippen LogP contribution is 2.34. The predicted octanol–water partition coefficient (Wildman–Crippen LogP) is 2.64. The molecule has 2 aromatic rings. The first-order chi connectivity index (χ1) is 13.7. The zero-order valence-corrected chi connectivity index (χ0v) is 17.8. The summed E-state index contributed by atoms with van der Waals surface area (Å²) in [4.78, 5) is 26.1. The molecule has 0 radical (unpaired) electrons. The number of ether oxygens (including phenoxy) is 1. The lowest BCUT2D eigenvalue weighted by molar-refractivity contribution is -0.113. The van der Waals surface area contributed by atoms with Gasteiger partial charge in [-0.1, -0.05) is 0 Å². The maximum Gasteiger partial charge on any atom is 0.345 e. The molecule has 3 heterocycles. The van der Waals surface area contributed by atoms with E-state index >= 15 is 0 Å². The van der Waals surface area contributed by atoms with Gasteiger partial charge in [0, 0.05) is 11.9 Å². The molecule has 0 saturated carbocycles. The van der Waals surface area contributed by atoms with Gasteiger partial charge < -0.3 is 14.5 Å². The Morgan fingerprint density at radius 1 is 1.34 bits per heavy atom. The van der Waals surface area contributed by atoms with Crippen LogP contribution in [0.3, 0.4) is 0 Å². The average Bonchev–Trinajstić information content (AvgIpc) is 3.26. The number of carbonyl (C=O) groups excluding carboxylic acids is 2. The number of hydrogen-bond donors (Lipinski definition) is 1. The Morgan fingerprint density at radius 2 is 2.07 bits per heavy atom. The van der Waals surface area contributed by atoms with Crippen molar-refractivity contribution in [2.45, 2.75) is 20.8 Å². The average molecular weight is 437 g/mol. The number of allylic oxidation sites excluding steroid dienone is 1. The van der Waals surface area contributed by atoms with Crippen molar-refractivity contribution in [2.75, 3.05) is 19.0 Å². The molecule has 1 amide bonds. The summed E-state index contributed by atoms with van der Waals surface area (Å²) in [6, 6.07) is 3.12. The number of likely N-dealkylation sites (N-methyl/N-ethyl adjacent to an activating group) is 1. The number of furan rings is 1. The van der Waals surface area contributed by atoms with E-state index in [9.17, 15) is 18.0 Å². The maximum atomic E-state index is 12.9. The van der Waals surface area contributed by atoms with Crippen molar-refractivity contribution in [3.05, 3.63) is 51.9 Å². The van der Waals surface area contributed by atoms with E-state index < -0.39 is 22.1 Å². The SMILES string of the molecule is CCOC(=O)c1c(NC(=O)C2=CC(c3ccco3)=NS(=O)(=O)N2C)sc(C)c1C. The van der Waals surface area contributed by atoms with Crippen LogP contribution in [0.15, 0.2) is 39.0 Å². The van der Waals surface area contributed by atoms with E-state index in [4.69, 9.17) is 9.15 Å². The van der Waals surface area contributed by atoms with Crippen LogP contribution in [0, 0.1) is 13.8 Å². The van der Waals surface area contributed by atoms with Crippen molar-refractivity contribution < 1.29 is 27.2 Å². The molecule has 1 aliphatic rings. The Balaban J connectivity index is 1.98. The molecule has 2 aromatic heterocycles. The molecule has 0 atom stereocenters. The van der Waals surface area contributed by atoms with Crippen molar-refractivity contribution >= 4 is 44.1 Å². The molecule has 0 bridgehead atoms. The van der Waals surface area contributed by atoms with Gasteiger partial charge in [-0.25, -0.2) is 9.10 Å². The Morgan fingerprint density at radius 3 is 2.69 bits per heavy atom. The van der Waals surface area contributed by atoms with Crippen LogP contribution in [0.5, 0.6) is 0 Å². The van der Waals surface area contributed by atoms with E-state index in [1.807, 2.05) is 6.92 Å². The highest BCUT2D eigenvalue weighted by Gasteiger charge is 2.32. The lowest BCUT2D eigenvalue weighted by Crippen LogP contribution is -2.35. The number of thiophene rings is 1. The Labute approximate surface area is 171 Å². The first kappa shape index (κ1) is 20.8. The molecule has 1 N–H and O–H groups in total. The van der Waals surface area contributed by atoms with Crippen molar-refractivity contribution in [3.63, 3.8) is 0 Å². The number of anilines is 1. The van der Waals surface area contributed by atoms with E-state index in [1.165, 1.54) is 36.8 Å². The van der Waals surface area contributed by atoms with Gasteiger partial charge in [-0.15, -0.1) is 15.7 Å². The van der Waals surface area contributed by atoms with Crippen molar-refractivity contribution in [1.29, 1.82) is 0 Å². The van der Waals surface area contributed by atoms with Crippen LogP contribution >= 0.6 is 11.3 Å².